The van der Waals surface area contributed by atoms with Crippen molar-refractivity contribution in [1.29, 1.82) is 0 Å². The van der Waals surface area contributed by atoms with Gasteiger partial charge in [0.05, 0.1) is 16.8 Å². The minimum absolute atomic E-state index is 0.285. The van der Waals surface area contributed by atoms with Crippen LogP contribution in [0.4, 0.5) is 0 Å². The number of hydrogen-bond acceptors (Lipinski definition) is 4. The number of allylic oxidation sites excluding steroid dienone is 1. The van der Waals surface area contributed by atoms with Gasteiger partial charge in [0.2, 0.25) is 0 Å². The number of carbonyl (C=O) groups is 2. The zero-order valence-corrected chi connectivity index (χ0v) is 19.5. The molecule has 3 aromatic rings. The predicted molar refractivity (Wildman–Crippen MR) is 132 cm³/mol. The second kappa shape index (κ2) is 10.6. The highest BCUT2D eigenvalue weighted by molar-refractivity contribution is 6.30. The smallest absolute Gasteiger partial charge is 0.339 e. The number of hydrogen-bond donors (Lipinski definition) is 1. The van der Waals surface area contributed by atoms with Gasteiger partial charge in [0, 0.05) is 17.0 Å². The van der Waals surface area contributed by atoms with Crippen molar-refractivity contribution in [3.8, 4) is 0 Å². The van der Waals surface area contributed by atoms with Gasteiger partial charge in [-0.05, 0) is 66.7 Å². The molecule has 0 unspecified atom stereocenters. The van der Waals surface area contributed by atoms with Crippen LogP contribution in [0.3, 0.4) is 0 Å². The summed E-state index contributed by atoms with van der Waals surface area (Å²) in [5.74, 6) is -0.768. The van der Waals surface area contributed by atoms with Crippen molar-refractivity contribution < 1.29 is 14.3 Å². The summed E-state index contributed by atoms with van der Waals surface area (Å²) in [7, 11) is 0. The van der Waals surface area contributed by atoms with E-state index in [0.29, 0.717) is 17.1 Å². The van der Waals surface area contributed by atoms with Gasteiger partial charge in [0.25, 0.3) is 5.91 Å². The van der Waals surface area contributed by atoms with E-state index in [4.69, 9.17) is 21.3 Å². The zero-order chi connectivity index (χ0) is 23.2. The summed E-state index contributed by atoms with van der Waals surface area (Å²) < 4.78 is 5.45. The summed E-state index contributed by atoms with van der Waals surface area (Å²) in [6.07, 6.45) is 6.50. The van der Waals surface area contributed by atoms with Crippen LogP contribution >= 0.6 is 11.6 Å². The van der Waals surface area contributed by atoms with Crippen molar-refractivity contribution >= 4 is 46.0 Å². The Bertz CT molecular complexity index is 1200. The molecule has 0 fully saturated rings. The number of nitrogens with zero attached hydrogens (tertiary/aromatic N) is 1. The number of rotatable bonds is 7. The molecular formula is C27H27ClN2O3. The van der Waals surface area contributed by atoms with Gasteiger partial charge in [-0.1, -0.05) is 55.3 Å². The molecule has 0 bridgehead atoms. The fraction of sp³-hybridized carbons (Fsp3) is 0.296. The summed E-state index contributed by atoms with van der Waals surface area (Å²) in [5, 5.41) is 4.22. The van der Waals surface area contributed by atoms with Crippen molar-refractivity contribution in [2.24, 2.45) is 0 Å². The monoisotopic (exact) mass is 462 g/mol. The van der Waals surface area contributed by atoms with Crippen LogP contribution < -0.4 is 5.32 Å². The lowest BCUT2D eigenvalue weighted by Crippen LogP contribution is -2.30. The number of halogens is 1. The number of unbranched alkanes of at least 4 members (excludes halogenated alkanes) is 1. The van der Waals surface area contributed by atoms with Gasteiger partial charge in [0.15, 0.2) is 6.61 Å². The summed E-state index contributed by atoms with van der Waals surface area (Å²) in [6, 6.07) is 15.2. The van der Waals surface area contributed by atoms with Crippen LogP contribution in [-0.4, -0.2) is 30.0 Å². The molecular weight excluding hydrogens is 436 g/mol. The second-order valence-corrected chi connectivity index (χ2v) is 8.62. The molecule has 0 spiro atoms. The molecule has 0 atom stereocenters. The Balaban J connectivity index is 1.69. The van der Waals surface area contributed by atoms with Crippen LogP contribution in [0.15, 0.2) is 48.5 Å². The average Bonchev–Trinajstić information content (AvgIpc) is 2.83. The predicted octanol–water partition coefficient (Wildman–Crippen LogP) is 5.84. The van der Waals surface area contributed by atoms with Crippen molar-refractivity contribution in [1.82, 2.24) is 10.3 Å². The maximum atomic E-state index is 13.2. The van der Waals surface area contributed by atoms with E-state index in [1.165, 1.54) is 0 Å². The SMILES string of the molecule is CCCCNC(=O)COC(=O)c1c2c(nc3ccccc13)C(=Cc1ccc(Cl)cc1)CCC2. The third-order valence-electron chi connectivity index (χ3n) is 5.77. The van der Waals surface area contributed by atoms with Gasteiger partial charge in [-0.25, -0.2) is 9.78 Å². The Morgan fingerprint density at radius 1 is 1.12 bits per heavy atom. The molecule has 33 heavy (non-hydrogen) atoms. The van der Waals surface area contributed by atoms with Gasteiger partial charge < -0.3 is 10.1 Å². The Kier molecular flexibility index (Phi) is 7.40. The quantitative estimate of drug-likeness (QED) is 0.354. The summed E-state index contributed by atoms with van der Waals surface area (Å²) >= 11 is 6.03. The second-order valence-electron chi connectivity index (χ2n) is 8.19. The van der Waals surface area contributed by atoms with E-state index in [9.17, 15) is 9.59 Å². The third-order valence-corrected chi connectivity index (χ3v) is 6.02. The van der Waals surface area contributed by atoms with Gasteiger partial charge in [-0.15, -0.1) is 0 Å². The van der Waals surface area contributed by atoms with Crippen molar-refractivity contribution in [3.05, 3.63) is 75.9 Å². The first-order chi connectivity index (χ1) is 16.1. The molecule has 0 radical (unpaired) electrons. The van der Waals surface area contributed by atoms with Crippen LogP contribution in [0.1, 0.15) is 59.8 Å². The average molecular weight is 463 g/mol. The van der Waals surface area contributed by atoms with E-state index < -0.39 is 5.97 Å². The minimum Gasteiger partial charge on any atom is -0.452 e. The molecule has 0 aliphatic heterocycles. The Morgan fingerprint density at radius 3 is 2.70 bits per heavy atom. The number of pyridine rings is 1. The van der Waals surface area contributed by atoms with E-state index in [-0.39, 0.29) is 12.5 Å². The molecule has 1 aliphatic carbocycles. The lowest BCUT2D eigenvalue weighted by molar-refractivity contribution is -0.124. The van der Waals surface area contributed by atoms with Gasteiger partial charge in [-0.3, -0.25) is 4.79 Å². The summed E-state index contributed by atoms with van der Waals surface area (Å²) in [4.78, 5) is 30.2. The van der Waals surface area contributed by atoms with Crippen LogP contribution in [0.25, 0.3) is 22.6 Å². The Hall–Kier alpha value is -3.18. The Labute approximate surface area is 198 Å². The zero-order valence-electron chi connectivity index (χ0n) is 18.7. The lowest BCUT2D eigenvalue weighted by Gasteiger charge is -2.22. The molecule has 1 amide bonds. The number of carbonyl (C=O) groups excluding carboxylic acids is 2. The topological polar surface area (TPSA) is 68.3 Å². The molecule has 1 aliphatic rings. The fourth-order valence-electron chi connectivity index (χ4n) is 4.13. The van der Waals surface area contributed by atoms with Crippen molar-refractivity contribution in [3.63, 3.8) is 0 Å². The van der Waals surface area contributed by atoms with Crippen LogP contribution in [-0.2, 0) is 16.0 Å². The lowest BCUT2D eigenvalue weighted by atomic mass is 9.86. The van der Waals surface area contributed by atoms with Crippen LogP contribution in [0, 0.1) is 0 Å². The molecule has 6 heteroatoms. The first-order valence-electron chi connectivity index (χ1n) is 11.4. The number of para-hydroxylation sites is 1. The molecule has 5 nitrogen and oxygen atoms in total. The Morgan fingerprint density at radius 2 is 1.91 bits per heavy atom. The number of esters is 1. The van der Waals surface area contributed by atoms with E-state index in [2.05, 4.69) is 18.3 Å². The molecule has 1 N–H and O–H groups in total. The number of amides is 1. The molecule has 2 aromatic carbocycles. The highest BCUT2D eigenvalue weighted by atomic mass is 35.5. The molecule has 4 rings (SSSR count). The summed E-state index contributed by atoms with van der Waals surface area (Å²) in [5.41, 5.74) is 5.07. The normalized spacial score (nSPS) is 14.2. The first-order valence-corrected chi connectivity index (χ1v) is 11.8. The van der Waals surface area contributed by atoms with Gasteiger partial charge >= 0.3 is 5.97 Å². The number of nitrogens with one attached hydrogen (secondary N) is 1. The minimum atomic E-state index is -0.483. The molecule has 170 valence electrons. The number of fused-ring (bicyclic) bond motifs is 2. The third kappa shape index (κ3) is 5.42. The maximum absolute atomic E-state index is 13.2. The van der Waals surface area contributed by atoms with Crippen LogP contribution in [0.2, 0.25) is 5.02 Å². The van der Waals surface area contributed by atoms with E-state index >= 15 is 0 Å². The number of aromatic nitrogens is 1. The molecule has 0 saturated heterocycles. The fourth-order valence-corrected chi connectivity index (χ4v) is 4.25. The maximum Gasteiger partial charge on any atom is 0.339 e. The van der Waals surface area contributed by atoms with Crippen LogP contribution in [0.5, 0.6) is 0 Å². The van der Waals surface area contributed by atoms with E-state index in [1.807, 2.05) is 48.5 Å². The first kappa shape index (κ1) is 23.0. The van der Waals surface area contributed by atoms with Crippen molar-refractivity contribution in [2.75, 3.05) is 13.2 Å². The number of ether oxygens (including phenoxy) is 1. The van der Waals surface area contributed by atoms with E-state index in [1.54, 1.807) is 0 Å². The van der Waals surface area contributed by atoms with E-state index in [0.717, 1.165) is 65.4 Å². The number of benzene rings is 2. The largest absolute Gasteiger partial charge is 0.452 e. The van der Waals surface area contributed by atoms with Gasteiger partial charge in [-0.2, -0.15) is 0 Å². The molecule has 0 saturated carbocycles. The summed E-state index contributed by atoms with van der Waals surface area (Å²) in [6.45, 7) is 2.35. The highest BCUT2D eigenvalue weighted by Crippen LogP contribution is 2.36. The molecule has 1 aromatic heterocycles. The highest BCUT2D eigenvalue weighted by Gasteiger charge is 2.26. The van der Waals surface area contributed by atoms with Gasteiger partial charge in [0.1, 0.15) is 0 Å². The van der Waals surface area contributed by atoms with Crippen molar-refractivity contribution in [2.45, 2.75) is 39.0 Å². The standard InChI is InChI=1S/C27H27ClN2O3/c1-2-3-15-29-24(31)17-33-27(32)25-21-8-4-5-10-23(21)30-26-19(7-6-9-22(25)26)16-18-11-13-20(28)14-12-18/h4-5,8,10-14,16H,2-3,6-7,9,15,17H2,1H3,(H,29,31). The molecule has 1 heterocycles.